The lowest BCUT2D eigenvalue weighted by Gasteiger charge is -2.16. The summed E-state index contributed by atoms with van der Waals surface area (Å²) >= 11 is 1.36. The van der Waals surface area contributed by atoms with Crippen molar-refractivity contribution in [2.75, 3.05) is 6.61 Å². The number of amides is 1. The second kappa shape index (κ2) is 8.33. The van der Waals surface area contributed by atoms with E-state index in [1.165, 1.54) is 24.6 Å². The average molecular weight is 361 g/mol. The standard InChI is InChI=1S/C17H23N5O2S/c1-3-24-15-10-8-14(9-11-15)22-17(19-20-21-22)25-12(2)16(23)18-13-6-4-5-7-13/h8-13H,3-7H2,1-2H3,(H,18,23). The summed E-state index contributed by atoms with van der Waals surface area (Å²) in [5, 5.41) is 15.3. The van der Waals surface area contributed by atoms with Gasteiger partial charge in [0.1, 0.15) is 5.75 Å². The Bertz CT molecular complexity index is 697. The number of carbonyl (C=O) groups excluding carboxylic acids is 1. The molecule has 7 nitrogen and oxygen atoms in total. The van der Waals surface area contributed by atoms with E-state index in [0.29, 0.717) is 17.8 Å². The molecule has 1 unspecified atom stereocenters. The van der Waals surface area contributed by atoms with E-state index in [-0.39, 0.29) is 11.2 Å². The predicted octanol–water partition coefficient (Wildman–Crippen LogP) is 2.60. The molecule has 1 amide bonds. The van der Waals surface area contributed by atoms with E-state index < -0.39 is 0 Å². The number of rotatable bonds is 7. The summed E-state index contributed by atoms with van der Waals surface area (Å²) in [5.41, 5.74) is 0.833. The number of ether oxygens (including phenoxy) is 1. The van der Waals surface area contributed by atoms with Crippen LogP contribution >= 0.6 is 11.8 Å². The Hall–Kier alpha value is -2.09. The molecule has 1 aromatic heterocycles. The van der Waals surface area contributed by atoms with Crippen LogP contribution in [0.15, 0.2) is 29.4 Å². The predicted molar refractivity (Wildman–Crippen MR) is 96.0 cm³/mol. The maximum Gasteiger partial charge on any atom is 0.233 e. The van der Waals surface area contributed by atoms with E-state index in [4.69, 9.17) is 4.74 Å². The Morgan fingerprint density at radius 3 is 2.76 bits per heavy atom. The van der Waals surface area contributed by atoms with Crippen molar-refractivity contribution in [3.05, 3.63) is 24.3 Å². The lowest BCUT2D eigenvalue weighted by molar-refractivity contribution is -0.120. The fourth-order valence-electron chi connectivity index (χ4n) is 2.87. The minimum absolute atomic E-state index is 0.0399. The fraction of sp³-hybridized carbons (Fsp3) is 0.529. The number of tetrazole rings is 1. The number of benzene rings is 1. The molecule has 1 aliphatic rings. The average Bonchev–Trinajstić information content (AvgIpc) is 3.28. The lowest BCUT2D eigenvalue weighted by Crippen LogP contribution is -2.37. The number of thioether (sulfide) groups is 1. The van der Waals surface area contributed by atoms with Gasteiger partial charge in [0.05, 0.1) is 17.5 Å². The zero-order valence-electron chi connectivity index (χ0n) is 14.5. The zero-order chi connectivity index (χ0) is 17.6. The number of carbonyl (C=O) groups is 1. The summed E-state index contributed by atoms with van der Waals surface area (Å²) in [6, 6.07) is 7.87. The molecule has 1 heterocycles. The number of nitrogens with one attached hydrogen (secondary N) is 1. The third kappa shape index (κ3) is 4.50. The molecule has 1 aliphatic carbocycles. The highest BCUT2D eigenvalue weighted by atomic mass is 32.2. The number of hydrogen-bond donors (Lipinski definition) is 1. The summed E-state index contributed by atoms with van der Waals surface area (Å²) in [6.45, 7) is 4.45. The molecule has 8 heteroatoms. The Kier molecular flexibility index (Phi) is 5.91. The first-order valence-corrected chi connectivity index (χ1v) is 9.54. The molecule has 0 aliphatic heterocycles. The van der Waals surface area contributed by atoms with Gasteiger partial charge in [-0.3, -0.25) is 4.79 Å². The van der Waals surface area contributed by atoms with Crippen molar-refractivity contribution in [3.8, 4) is 11.4 Å². The van der Waals surface area contributed by atoms with Crippen molar-refractivity contribution in [1.29, 1.82) is 0 Å². The van der Waals surface area contributed by atoms with Gasteiger partial charge in [-0.15, -0.1) is 5.10 Å². The first-order chi connectivity index (χ1) is 12.2. The van der Waals surface area contributed by atoms with Gasteiger partial charge in [0.15, 0.2) is 0 Å². The smallest absolute Gasteiger partial charge is 0.233 e. The maximum absolute atomic E-state index is 12.4. The van der Waals surface area contributed by atoms with Crippen molar-refractivity contribution in [2.24, 2.45) is 0 Å². The van der Waals surface area contributed by atoms with Gasteiger partial charge in [-0.2, -0.15) is 4.68 Å². The van der Waals surface area contributed by atoms with Gasteiger partial charge in [-0.25, -0.2) is 0 Å². The zero-order valence-corrected chi connectivity index (χ0v) is 15.3. The largest absolute Gasteiger partial charge is 0.494 e. The van der Waals surface area contributed by atoms with Gasteiger partial charge < -0.3 is 10.1 Å². The van der Waals surface area contributed by atoms with Gasteiger partial charge in [0.2, 0.25) is 11.1 Å². The van der Waals surface area contributed by atoms with Crippen LogP contribution in [-0.4, -0.2) is 44.0 Å². The normalized spacial score (nSPS) is 15.9. The molecule has 1 atom stereocenters. The molecule has 3 rings (SSSR count). The van der Waals surface area contributed by atoms with E-state index in [1.807, 2.05) is 38.1 Å². The van der Waals surface area contributed by atoms with Crippen molar-refractivity contribution < 1.29 is 9.53 Å². The molecule has 0 spiro atoms. The molecule has 0 radical (unpaired) electrons. The molecular formula is C17H23N5O2S. The van der Waals surface area contributed by atoms with Crippen LogP contribution in [0.25, 0.3) is 5.69 Å². The second-order valence-corrected chi connectivity index (χ2v) is 7.36. The van der Waals surface area contributed by atoms with Gasteiger partial charge >= 0.3 is 0 Å². The number of nitrogens with zero attached hydrogens (tertiary/aromatic N) is 4. The van der Waals surface area contributed by atoms with Crippen molar-refractivity contribution >= 4 is 17.7 Å². The fourth-order valence-corrected chi connectivity index (χ4v) is 3.68. The van der Waals surface area contributed by atoms with E-state index in [0.717, 1.165) is 24.3 Å². The highest BCUT2D eigenvalue weighted by Crippen LogP contribution is 2.25. The van der Waals surface area contributed by atoms with Gasteiger partial charge in [-0.1, -0.05) is 24.6 Å². The minimum Gasteiger partial charge on any atom is -0.494 e. The molecule has 0 bridgehead atoms. The van der Waals surface area contributed by atoms with Crippen LogP contribution in [0.2, 0.25) is 0 Å². The van der Waals surface area contributed by atoms with Crippen LogP contribution in [-0.2, 0) is 4.79 Å². The molecule has 2 aromatic rings. The van der Waals surface area contributed by atoms with E-state index in [1.54, 1.807) is 4.68 Å². The minimum atomic E-state index is -0.256. The van der Waals surface area contributed by atoms with Crippen LogP contribution in [0.3, 0.4) is 0 Å². The van der Waals surface area contributed by atoms with Crippen LogP contribution in [0, 0.1) is 0 Å². The Labute approximate surface area is 151 Å². The van der Waals surface area contributed by atoms with Crippen molar-refractivity contribution in [3.63, 3.8) is 0 Å². The van der Waals surface area contributed by atoms with Crippen LogP contribution in [0.1, 0.15) is 39.5 Å². The Morgan fingerprint density at radius 2 is 2.08 bits per heavy atom. The molecule has 1 aromatic carbocycles. The number of aromatic nitrogens is 4. The molecule has 0 saturated heterocycles. The van der Waals surface area contributed by atoms with Crippen LogP contribution in [0.5, 0.6) is 5.75 Å². The van der Waals surface area contributed by atoms with Gasteiger partial charge in [-0.05, 0) is 61.4 Å². The SMILES string of the molecule is CCOc1ccc(-n2nnnc2SC(C)C(=O)NC2CCCC2)cc1. The molecule has 1 fully saturated rings. The summed E-state index contributed by atoms with van der Waals surface area (Å²) in [4.78, 5) is 12.4. The van der Waals surface area contributed by atoms with E-state index >= 15 is 0 Å². The molecular weight excluding hydrogens is 338 g/mol. The summed E-state index contributed by atoms with van der Waals surface area (Å²) in [6.07, 6.45) is 4.55. The third-order valence-corrected chi connectivity index (χ3v) is 5.22. The highest BCUT2D eigenvalue weighted by Gasteiger charge is 2.23. The molecule has 25 heavy (non-hydrogen) atoms. The molecule has 1 saturated carbocycles. The van der Waals surface area contributed by atoms with Crippen molar-refractivity contribution in [2.45, 2.75) is 56.0 Å². The van der Waals surface area contributed by atoms with Gasteiger partial charge in [0.25, 0.3) is 0 Å². The highest BCUT2D eigenvalue weighted by molar-refractivity contribution is 8.00. The Morgan fingerprint density at radius 1 is 1.36 bits per heavy atom. The molecule has 134 valence electrons. The summed E-state index contributed by atoms with van der Waals surface area (Å²) in [7, 11) is 0. The first-order valence-electron chi connectivity index (χ1n) is 8.66. The van der Waals surface area contributed by atoms with Crippen LogP contribution in [0.4, 0.5) is 0 Å². The van der Waals surface area contributed by atoms with Crippen molar-refractivity contribution in [1.82, 2.24) is 25.5 Å². The number of hydrogen-bond acceptors (Lipinski definition) is 6. The van der Waals surface area contributed by atoms with E-state index in [9.17, 15) is 4.79 Å². The van der Waals surface area contributed by atoms with E-state index in [2.05, 4.69) is 20.8 Å². The van der Waals surface area contributed by atoms with Crippen LogP contribution < -0.4 is 10.1 Å². The Balaban J connectivity index is 1.65. The van der Waals surface area contributed by atoms with Gasteiger partial charge in [0, 0.05) is 6.04 Å². The monoisotopic (exact) mass is 361 g/mol. The maximum atomic E-state index is 12.4. The third-order valence-electron chi connectivity index (χ3n) is 4.19. The quantitative estimate of drug-likeness (QED) is 0.764. The second-order valence-electron chi connectivity index (χ2n) is 6.05. The molecule has 1 N–H and O–H groups in total. The first kappa shape index (κ1) is 17.7. The topological polar surface area (TPSA) is 81.9 Å². The summed E-state index contributed by atoms with van der Waals surface area (Å²) < 4.78 is 7.09. The lowest BCUT2D eigenvalue weighted by atomic mass is 10.2. The summed E-state index contributed by atoms with van der Waals surface area (Å²) in [5.74, 6) is 0.844.